The van der Waals surface area contributed by atoms with E-state index in [0.717, 1.165) is 12.8 Å². The molecule has 1 aliphatic carbocycles. The molecule has 24 heavy (non-hydrogen) atoms. The molecule has 2 heterocycles. The van der Waals surface area contributed by atoms with Crippen molar-refractivity contribution in [1.29, 1.82) is 0 Å². The monoisotopic (exact) mass is 334 g/mol. The predicted octanol–water partition coefficient (Wildman–Crippen LogP) is 3.80. The highest BCUT2D eigenvalue weighted by atomic mass is 16.7. The maximum atomic E-state index is 12.0. The van der Waals surface area contributed by atoms with E-state index in [0.29, 0.717) is 18.9 Å². The van der Waals surface area contributed by atoms with Crippen LogP contribution in [-0.2, 0) is 18.8 Å². The second kappa shape index (κ2) is 5.96. The first-order chi connectivity index (χ1) is 11.1. The Labute approximate surface area is 146 Å². The largest absolute Gasteiger partial charge is 0.461 e. The molecule has 2 saturated heterocycles. The standard InChI is InChI=1S/C19H31BO4/c1-7-8-16(20-23-17(2,3)18(4,5)24-20)14-12-22-19(6)10-9-13(21)11-15(14)19/h9-10,14-16H,7-8,11-12H2,1-6H3/t14-,15-,16+,19-/m0/s1. The molecule has 3 aliphatic rings. The first kappa shape index (κ1) is 18.2. The fourth-order valence-corrected chi connectivity index (χ4v) is 4.36. The van der Waals surface area contributed by atoms with Gasteiger partial charge in [-0.2, -0.15) is 0 Å². The number of ether oxygens (including phenoxy) is 1. The maximum absolute atomic E-state index is 12.0. The minimum Gasteiger partial charge on any atom is -0.403 e. The third-order valence-corrected chi connectivity index (χ3v) is 6.65. The van der Waals surface area contributed by atoms with Crippen molar-refractivity contribution in [3.05, 3.63) is 12.2 Å². The van der Waals surface area contributed by atoms with Gasteiger partial charge in [0.05, 0.1) is 23.4 Å². The quantitative estimate of drug-likeness (QED) is 0.734. The summed E-state index contributed by atoms with van der Waals surface area (Å²) in [4.78, 5) is 12.0. The van der Waals surface area contributed by atoms with Gasteiger partial charge in [-0.3, -0.25) is 4.79 Å². The van der Waals surface area contributed by atoms with Crippen LogP contribution in [0.1, 0.15) is 60.8 Å². The minimum atomic E-state index is -0.325. The van der Waals surface area contributed by atoms with Gasteiger partial charge in [0.1, 0.15) is 0 Å². The summed E-state index contributed by atoms with van der Waals surface area (Å²) >= 11 is 0. The van der Waals surface area contributed by atoms with Gasteiger partial charge in [0.15, 0.2) is 5.78 Å². The number of carbonyl (C=O) groups is 1. The van der Waals surface area contributed by atoms with Crippen molar-refractivity contribution in [1.82, 2.24) is 0 Å². The van der Waals surface area contributed by atoms with Crippen molar-refractivity contribution in [3.63, 3.8) is 0 Å². The normalized spacial score (nSPS) is 38.4. The van der Waals surface area contributed by atoms with Crippen LogP contribution in [0.2, 0.25) is 5.82 Å². The van der Waals surface area contributed by atoms with E-state index in [2.05, 4.69) is 41.5 Å². The summed E-state index contributed by atoms with van der Waals surface area (Å²) in [7, 11) is -0.230. The van der Waals surface area contributed by atoms with Gasteiger partial charge in [0, 0.05) is 12.3 Å². The van der Waals surface area contributed by atoms with Gasteiger partial charge in [0.25, 0.3) is 0 Å². The summed E-state index contributed by atoms with van der Waals surface area (Å²) in [5.41, 5.74) is -0.975. The number of fused-ring (bicyclic) bond motifs is 1. The lowest BCUT2D eigenvalue weighted by Crippen LogP contribution is -2.41. The van der Waals surface area contributed by atoms with Crippen LogP contribution in [0.3, 0.4) is 0 Å². The van der Waals surface area contributed by atoms with Crippen LogP contribution >= 0.6 is 0 Å². The molecule has 5 heteroatoms. The molecule has 4 nitrogen and oxygen atoms in total. The van der Waals surface area contributed by atoms with Crippen LogP contribution in [0.15, 0.2) is 12.2 Å². The Kier molecular flexibility index (Phi) is 4.51. The predicted molar refractivity (Wildman–Crippen MR) is 94.8 cm³/mol. The maximum Gasteiger partial charge on any atom is 0.461 e. The first-order valence-corrected chi connectivity index (χ1v) is 9.31. The number of carbonyl (C=O) groups excluding carboxylic acids is 1. The van der Waals surface area contributed by atoms with Gasteiger partial charge in [-0.15, -0.1) is 0 Å². The molecule has 0 aromatic rings. The van der Waals surface area contributed by atoms with Crippen LogP contribution in [0.25, 0.3) is 0 Å². The lowest BCUT2D eigenvalue weighted by Gasteiger charge is -2.35. The fraction of sp³-hybridized carbons (Fsp3) is 0.842. The van der Waals surface area contributed by atoms with Crippen molar-refractivity contribution in [2.75, 3.05) is 6.61 Å². The SMILES string of the molecule is CCC[C@@H](B1OC(C)(C)C(C)(C)O1)[C@H]1CO[C@@]2(C)C=CC(=O)C[C@@H]12. The Morgan fingerprint density at radius 2 is 1.83 bits per heavy atom. The van der Waals surface area contributed by atoms with Crippen molar-refractivity contribution in [2.24, 2.45) is 11.8 Å². The van der Waals surface area contributed by atoms with Gasteiger partial charge in [-0.05, 0) is 58.5 Å². The number of hydrogen-bond acceptors (Lipinski definition) is 4. The highest BCUT2D eigenvalue weighted by Gasteiger charge is 2.58. The molecule has 0 saturated carbocycles. The van der Waals surface area contributed by atoms with Gasteiger partial charge in [-0.1, -0.05) is 19.8 Å². The summed E-state index contributed by atoms with van der Waals surface area (Å²) in [6, 6.07) is 0. The first-order valence-electron chi connectivity index (χ1n) is 9.31. The zero-order valence-electron chi connectivity index (χ0n) is 15.9. The molecule has 4 atom stereocenters. The van der Waals surface area contributed by atoms with Crippen molar-refractivity contribution >= 4 is 12.9 Å². The molecule has 0 unspecified atom stereocenters. The second-order valence-electron chi connectivity index (χ2n) is 8.85. The number of allylic oxidation sites excluding steroid dienone is 1. The average molecular weight is 334 g/mol. The molecular formula is C19H31BO4. The van der Waals surface area contributed by atoms with E-state index in [-0.39, 0.29) is 41.4 Å². The van der Waals surface area contributed by atoms with Crippen LogP contribution in [0.4, 0.5) is 0 Å². The Morgan fingerprint density at radius 1 is 1.21 bits per heavy atom. The Morgan fingerprint density at radius 3 is 2.42 bits per heavy atom. The second-order valence-corrected chi connectivity index (χ2v) is 8.85. The number of rotatable bonds is 4. The zero-order chi connectivity index (χ0) is 17.8. The van der Waals surface area contributed by atoms with Crippen LogP contribution < -0.4 is 0 Å². The zero-order valence-corrected chi connectivity index (χ0v) is 15.9. The Balaban J connectivity index is 1.85. The molecule has 0 bridgehead atoms. The van der Waals surface area contributed by atoms with E-state index in [1.54, 1.807) is 6.08 Å². The van der Waals surface area contributed by atoms with Crippen molar-refractivity contribution in [3.8, 4) is 0 Å². The third kappa shape index (κ3) is 2.89. The summed E-state index contributed by atoms with van der Waals surface area (Å²) in [6.07, 6.45) is 6.30. The molecule has 134 valence electrons. The molecule has 0 spiro atoms. The molecular weight excluding hydrogens is 303 g/mol. The average Bonchev–Trinajstić information content (AvgIpc) is 2.91. The Bertz CT molecular complexity index is 525. The minimum absolute atomic E-state index is 0.206. The highest BCUT2D eigenvalue weighted by molar-refractivity contribution is 6.47. The fourth-order valence-electron chi connectivity index (χ4n) is 4.36. The van der Waals surface area contributed by atoms with Crippen LogP contribution in [0, 0.1) is 11.8 Å². The molecule has 2 fully saturated rings. The summed E-state index contributed by atoms with van der Waals surface area (Å²) in [5, 5.41) is 0. The van der Waals surface area contributed by atoms with Gasteiger partial charge >= 0.3 is 7.12 Å². The van der Waals surface area contributed by atoms with E-state index in [4.69, 9.17) is 14.0 Å². The van der Waals surface area contributed by atoms with Crippen LogP contribution in [0.5, 0.6) is 0 Å². The Hall–Kier alpha value is -0.645. The number of ketones is 1. The highest BCUT2D eigenvalue weighted by Crippen LogP contribution is 2.51. The van der Waals surface area contributed by atoms with E-state index in [1.165, 1.54) is 0 Å². The molecule has 0 radical (unpaired) electrons. The number of hydrogen-bond donors (Lipinski definition) is 0. The molecule has 0 N–H and O–H groups in total. The van der Waals surface area contributed by atoms with E-state index < -0.39 is 0 Å². The molecule has 2 aliphatic heterocycles. The lowest BCUT2D eigenvalue weighted by atomic mass is 9.57. The van der Waals surface area contributed by atoms with Gasteiger partial charge in [0.2, 0.25) is 0 Å². The topological polar surface area (TPSA) is 44.8 Å². The summed E-state index contributed by atoms with van der Waals surface area (Å²) in [5.74, 6) is 0.962. The van der Waals surface area contributed by atoms with Crippen molar-refractivity contribution in [2.45, 2.75) is 83.4 Å². The van der Waals surface area contributed by atoms with E-state index in [9.17, 15) is 4.79 Å². The van der Waals surface area contributed by atoms with Gasteiger partial charge < -0.3 is 14.0 Å². The molecule has 0 aromatic carbocycles. The van der Waals surface area contributed by atoms with E-state index in [1.807, 2.05) is 6.08 Å². The molecule has 3 rings (SSSR count). The smallest absolute Gasteiger partial charge is 0.403 e. The van der Waals surface area contributed by atoms with Crippen molar-refractivity contribution < 1.29 is 18.8 Å². The lowest BCUT2D eigenvalue weighted by molar-refractivity contribution is -0.117. The molecule has 0 aromatic heterocycles. The molecule has 0 amide bonds. The van der Waals surface area contributed by atoms with Gasteiger partial charge in [-0.25, -0.2) is 0 Å². The third-order valence-electron chi connectivity index (χ3n) is 6.65. The van der Waals surface area contributed by atoms with Crippen LogP contribution in [-0.4, -0.2) is 36.3 Å². The van der Waals surface area contributed by atoms with E-state index >= 15 is 0 Å². The summed E-state index contributed by atoms with van der Waals surface area (Å²) < 4.78 is 18.8. The summed E-state index contributed by atoms with van der Waals surface area (Å²) in [6.45, 7) is 13.4.